The van der Waals surface area contributed by atoms with Gasteiger partial charge in [-0.25, -0.2) is 0 Å². The van der Waals surface area contributed by atoms with Gasteiger partial charge in [-0.05, 0) is 44.9 Å². The van der Waals surface area contributed by atoms with Crippen LogP contribution >= 0.6 is 7.82 Å². The van der Waals surface area contributed by atoms with Gasteiger partial charge in [0.1, 0.15) is 19.8 Å². The number of phosphoric acid groups is 1. The van der Waals surface area contributed by atoms with Crippen LogP contribution in [-0.4, -0.2) is 81.2 Å². The summed E-state index contributed by atoms with van der Waals surface area (Å²) in [5.41, 5.74) is 0. The lowest BCUT2D eigenvalue weighted by Crippen LogP contribution is -2.37. The first-order valence-corrected chi connectivity index (χ1v) is 22.6. The first-order chi connectivity index (χ1) is 26.4. The Bertz CT molecular complexity index is 1140. The molecule has 0 fully saturated rings. The predicted octanol–water partition coefficient (Wildman–Crippen LogP) is 10.0. The summed E-state index contributed by atoms with van der Waals surface area (Å²) in [6, 6.07) is 0. The number of nitrogens with zero attached hydrogens (tertiary/aromatic N) is 1. The van der Waals surface area contributed by atoms with E-state index in [2.05, 4.69) is 32.1 Å². The third-order valence-corrected chi connectivity index (χ3v) is 9.60. The minimum absolute atomic E-state index is 0.0511. The van der Waals surface area contributed by atoms with Crippen LogP contribution in [-0.2, 0) is 32.7 Å². The number of carbonyl (C=O) groups is 2. The number of rotatable bonds is 37. The van der Waals surface area contributed by atoms with Gasteiger partial charge in [-0.15, -0.1) is 0 Å². The number of ether oxygens (including phenoxy) is 2. The van der Waals surface area contributed by atoms with Crippen molar-refractivity contribution in [3.63, 3.8) is 0 Å². The van der Waals surface area contributed by atoms with Crippen LogP contribution in [0.2, 0.25) is 0 Å². The number of esters is 2. The Hall–Kier alpha value is -2.33. The molecule has 3 atom stereocenters. The highest BCUT2D eigenvalue weighted by atomic mass is 31.2. The molecule has 0 bridgehead atoms. The molecule has 0 radical (unpaired) electrons. The van der Waals surface area contributed by atoms with E-state index < -0.39 is 38.6 Å². The fourth-order valence-corrected chi connectivity index (χ4v) is 6.03. The molecule has 55 heavy (non-hydrogen) atoms. The summed E-state index contributed by atoms with van der Waals surface area (Å²) in [5, 5.41) is 10.0. The van der Waals surface area contributed by atoms with E-state index in [1.807, 2.05) is 57.6 Å². The molecular formula is C44H78NO9P. The van der Waals surface area contributed by atoms with Gasteiger partial charge in [0.05, 0.1) is 33.9 Å². The van der Waals surface area contributed by atoms with Crippen molar-refractivity contribution in [1.82, 2.24) is 0 Å². The number of phosphoric ester groups is 1. The number of aliphatic hydroxyl groups is 1. The number of hydrogen-bond donors (Lipinski definition) is 1. The number of allylic oxidation sites excluding steroid dienone is 8. The number of hydrogen-bond acceptors (Lipinski definition) is 9. The van der Waals surface area contributed by atoms with Gasteiger partial charge in [0.2, 0.25) is 0 Å². The Morgan fingerprint density at radius 3 is 1.91 bits per heavy atom. The molecule has 10 nitrogen and oxygen atoms in total. The summed E-state index contributed by atoms with van der Waals surface area (Å²) in [6.45, 7) is 3.94. The summed E-state index contributed by atoms with van der Waals surface area (Å²) >= 11 is 0. The van der Waals surface area contributed by atoms with Crippen molar-refractivity contribution in [2.75, 3.05) is 47.5 Å². The SMILES string of the molecule is CC/C=C\C/C=C\CC(O)/C=C/C=C\C/C=C\CCCC(=O)OC[C@H](COP(=O)([O-])OCC[N+](C)(C)C)OC(=O)CCCCCCCCCCCCCCC. The molecular weight excluding hydrogens is 717 g/mol. The Kier molecular flexibility index (Phi) is 34.5. The smallest absolute Gasteiger partial charge is 0.306 e. The summed E-state index contributed by atoms with van der Waals surface area (Å²) < 4.78 is 33.7. The molecule has 0 amide bonds. The summed E-state index contributed by atoms with van der Waals surface area (Å²) in [4.78, 5) is 37.4. The second-order valence-corrected chi connectivity index (χ2v) is 16.6. The lowest BCUT2D eigenvalue weighted by Gasteiger charge is -2.28. The van der Waals surface area contributed by atoms with E-state index in [1.54, 1.807) is 6.08 Å². The fourth-order valence-electron chi connectivity index (χ4n) is 5.30. The minimum Gasteiger partial charge on any atom is -0.756 e. The van der Waals surface area contributed by atoms with Gasteiger partial charge < -0.3 is 33.0 Å². The largest absolute Gasteiger partial charge is 0.756 e. The third kappa shape index (κ3) is 39.7. The maximum atomic E-state index is 12.6. The zero-order valence-corrected chi connectivity index (χ0v) is 36.1. The molecule has 1 N–H and O–H groups in total. The fraction of sp³-hybridized carbons (Fsp3) is 0.727. The van der Waals surface area contributed by atoms with Crippen LogP contribution in [0.5, 0.6) is 0 Å². The van der Waals surface area contributed by atoms with Gasteiger partial charge in [-0.1, -0.05) is 152 Å². The highest BCUT2D eigenvalue weighted by Crippen LogP contribution is 2.38. The molecule has 0 aromatic rings. The molecule has 0 saturated carbocycles. The highest BCUT2D eigenvalue weighted by Gasteiger charge is 2.21. The van der Waals surface area contributed by atoms with Crippen LogP contribution < -0.4 is 4.89 Å². The number of carbonyl (C=O) groups excluding carboxylic acids is 2. The van der Waals surface area contributed by atoms with Crippen molar-refractivity contribution in [3.8, 4) is 0 Å². The molecule has 0 saturated heterocycles. The van der Waals surface area contributed by atoms with Gasteiger partial charge in [0.15, 0.2) is 6.10 Å². The molecule has 2 unspecified atom stereocenters. The maximum Gasteiger partial charge on any atom is 0.306 e. The van der Waals surface area contributed by atoms with E-state index in [0.717, 1.165) is 38.5 Å². The summed E-state index contributed by atoms with van der Waals surface area (Å²) in [5.74, 6) is -0.945. The predicted molar refractivity (Wildman–Crippen MR) is 223 cm³/mol. The molecule has 0 aromatic carbocycles. The summed E-state index contributed by atoms with van der Waals surface area (Å²) in [6.07, 6.45) is 38.5. The van der Waals surface area contributed by atoms with Gasteiger partial charge in [0.25, 0.3) is 7.82 Å². The van der Waals surface area contributed by atoms with E-state index in [1.165, 1.54) is 57.8 Å². The van der Waals surface area contributed by atoms with Gasteiger partial charge in [-0.3, -0.25) is 14.2 Å². The van der Waals surface area contributed by atoms with Crippen molar-refractivity contribution >= 4 is 19.8 Å². The first-order valence-electron chi connectivity index (χ1n) is 21.1. The molecule has 0 heterocycles. The van der Waals surface area contributed by atoms with Crippen molar-refractivity contribution in [2.45, 2.75) is 161 Å². The molecule has 0 aliphatic carbocycles. The summed E-state index contributed by atoms with van der Waals surface area (Å²) in [7, 11) is 1.09. The van der Waals surface area contributed by atoms with Crippen LogP contribution in [0.3, 0.4) is 0 Å². The van der Waals surface area contributed by atoms with E-state index in [0.29, 0.717) is 36.7 Å². The first kappa shape index (κ1) is 52.7. The Labute approximate surface area is 335 Å². The van der Waals surface area contributed by atoms with Gasteiger partial charge in [-0.2, -0.15) is 0 Å². The van der Waals surface area contributed by atoms with E-state index in [4.69, 9.17) is 18.5 Å². The Balaban J connectivity index is 4.54. The standard InChI is InChI=1S/C44H78NO9P/c1-6-8-10-12-14-15-16-17-18-19-24-28-32-36-44(48)54-42(40-53-55(49,50)52-38-37-45(3,4)5)39-51-43(47)35-31-27-23-21-20-22-26-30-34-41(46)33-29-25-13-11-9-7-2/h9,11,21-23,25-26,29-30,34,41-42,46H,6-8,10,12-20,24,27-28,31-33,35-40H2,1-5H3/b11-9-,23-21-,26-22-,29-25-,34-30+/t41?,42-/m1/s1. The molecule has 318 valence electrons. The third-order valence-electron chi connectivity index (χ3n) is 8.63. The monoisotopic (exact) mass is 796 g/mol. The van der Waals surface area contributed by atoms with E-state index in [9.17, 15) is 24.2 Å². The molecule has 0 aliphatic rings. The topological polar surface area (TPSA) is 131 Å². The number of quaternary nitrogens is 1. The van der Waals surface area contributed by atoms with Crippen LogP contribution in [0.25, 0.3) is 0 Å². The van der Waals surface area contributed by atoms with E-state index in [-0.39, 0.29) is 26.1 Å². The van der Waals surface area contributed by atoms with Crippen LogP contribution in [0.4, 0.5) is 0 Å². The quantitative estimate of drug-likeness (QED) is 0.0163. The Morgan fingerprint density at radius 1 is 0.691 bits per heavy atom. The normalized spacial score (nSPS) is 14.8. The maximum absolute atomic E-state index is 12.6. The lowest BCUT2D eigenvalue weighted by atomic mass is 10.0. The second kappa shape index (κ2) is 36.0. The van der Waals surface area contributed by atoms with E-state index >= 15 is 0 Å². The molecule has 11 heteroatoms. The lowest BCUT2D eigenvalue weighted by molar-refractivity contribution is -0.870. The van der Waals surface area contributed by atoms with Crippen molar-refractivity contribution in [2.24, 2.45) is 0 Å². The minimum atomic E-state index is -4.65. The number of likely N-dealkylation sites (N-methyl/N-ethyl adjacent to an activating group) is 1. The molecule has 0 spiro atoms. The van der Waals surface area contributed by atoms with Crippen LogP contribution in [0.15, 0.2) is 60.8 Å². The highest BCUT2D eigenvalue weighted by molar-refractivity contribution is 7.45. The zero-order chi connectivity index (χ0) is 40.9. The van der Waals surface area contributed by atoms with Crippen LogP contribution in [0, 0.1) is 0 Å². The number of aliphatic hydroxyl groups excluding tert-OH is 1. The average Bonchev–Trinajstić information content (AvgIpc) is 3.13. The molecule has 0 aliphatic heterocycles. The average molecular weight is 796 g/mol. The molecule has 0 rings (SSSR count). The van der Waals surface area contributed by atoms with Crippen LogP contribution in [0.1, 0.15) is 149 Å². The zero-order valence-electron chi connectivity index (χ0n) is 35.2. The number of unbranched alkanes of at least 4 members (excludes halogenated alkanes) is 13. The Morgan fingerprint density at radius 2 is 1.27 bits per heavy atom. The van der Waals surface area contributed by atoms with Gasteiger partial charge >= 0.3 is 11.9 Å². The van der Waals surface area contributed by atoms with Crippen molar-refractivity contribution in [3.05, 3.63) is 60.8 Å². The van der Waals surface area contributed by atoms with Crippen molar-refractivity contribution in [1.29, 1.82) is 0 Å². The van der Waals surface area contributed by atoms with Crippen molar-refractivity contribution < 1.29 is 47.2 Å². The second-order valence-electron chi connectivity index (χ2n) is 15.2. The molecule has 0 aromatic heterocycles. The van der Waals surface area contributed by atoms with Gasteiger partial charge in [0, 0.05) is 12.8 Å².